The first-order valence-electron chi connectivity index (χ1n) is 6.10. The summed E-state index contributed by atoms with van der Waals surface area (Å²) in [6.07, 6.45) is 4.20. The minimum Gasteiger partial charge on any atom is -0.495 e. The molecule has 0 aliphatic carbocycles. The van der Waals surface area contributed by atoms with Crippen molar-refractivity contribution in [1.29, 1.82) is 0 Å². The Bertz CT molecular complexity index is 433. The maximum Gasteiger partial charge on any atom is 0.143 e. The molecule has 0 amide bonds. The van der Waals surface area contributed by atoms with E-state index >= 15 is 0 Å². The molecule has 0 bridgehead atoms. The second-order valence-corrected chi connectivity index (χ2v) is 4.16. The number of benzene rings is 1. The molecule has 5 nitrogen and oxygen atoms in total. The number of nitrogen functional groups attached to an aromatic ring is 1. The zero-order valence-electron chi connectivity index (χ0n) is 10.9. The van der Waals surface area contributed by atoms with E-state index in [2.05, 4.69) is 34.5 Å². The molecule has 0 radical (unpaired) electrons. The van der Waals surface area contributed by atoms with E-state index in [1.54, 1.807) is 7.11 Å². The fraction of sp³-hybridized carbons (Fsp3) is 0.385. The van der Waals surface area contributed by atoms with Gasteiger partial charge < -0.3 is 15.4 Å². The van der Waals surface area contributed by atoms with Gasteiger partial charge in [-0.3, -0.25) is 5.43 Å². The summed E-state index contributed by atoms with van der Waals surface area (Å²) >= 11 is 0. The quantitative estimate of drug-likeness (QED) is 0.789. The van der Waals surface area contributed by atoms with Gasteiger partial charge in [-0.2, -0.15) is 0 Å². The minimum atomic E-state index is 0.658. The number of methoxy groups -OCH3 is 1. The number of hydrogen-bond donors (Lipinski definition) is 2. The molecule has 1 aliphatic rings. The molecular formula is C13H20N4O. The Labute approximate surface area is 108 Å². The van der Waals surface area contributed by atoms with Crippen molar-refractivity contribution >= 4 is 11.4 Å². The lowest BCUT2D eigenvalue weighted by Gasteiger charge is -2.32. The number of hydrazine groups is 1. The number of nitrogens with two attached hydrogens (primary N) is 1. The molecule has 0 saturated heterocycles. The van der Waals surface area contributed by atoms with Crippen molar-refractivity contribution in [3.8, 4) is 5.75 Å². The van der Waals surface area contributed by atoms with Crippen molar-refractivity contribution in [2.24, 2.45) is 0 Å². The van der Waals surface area contributed by atoms with Crippen LogP contribution in [0.5, 0.6) is 5.75 Å². The summed E-state index contributed by atoms with van der Waals surface area (Å²) in [5, 5.41) is 2.16. The van der Waals surface area contributed by atoms with Gasteiger partial charge >= 0.3 is 0 Å². The van der Waals surface area contributed by atoms with Gasteiger partial charge in [-0.05, 0) is 12.1 Å². The summed E-state index contributed by atoms with van der Waals surface area (Å²) in [6, 6.07) is 5.82. The predicted octanol–water partition coefficient (Wildman–Crippen LogP) is 1.40. The second kappa shape index (κ2) is 5.75. The largest absolute Gasteiger partial charge is 0.495 e. The number of ether oxygens (including phenoxy) is 1. The molecule has 5 heteroatoms. The monoisotopic (exact) mass is 248 g/mol. The van der Waals surface area contributed by atoms with Gasteiger partial charge in [0.2, 0.25) is 0 Å². The van der Waals surface area contributed by atoms with Crippen LogP contribution in [0.1, 0.15) is 6.92 Å². The average molecular weight is 248 g/mol. The van der Waals surface area contributed by atoms with E-state index in [0.717, 1.165) is 25.4 Å². The second-order valence-electron chi connectivity index (χ2n) is 4.16. The molecule has 1 heterocycles. The Morgan fingerprint density at radius 3 is 3.00 bits per heavy atom. The topological polar surface area (TPSA) is 53.8 Å². The van der Waals surface area contributed by atoms with Gasteiger partial charge in [0.1, 0.15) is 5.75 Å². The fourth-order valence-electron chi connectivity index (χ4n) is 1.97. The van der Waals surface area contributed by atoms with Crippen molar-refractivity contribution in [3.05, 3.63) is 30.5 Å². The van der Waals surface area contributed by atoms with Gasteiger partial charge in [0.15, 0.2) is 0 Å². The van der Waals surface area contributed by atoms with E-state index in [-0.39, 0.29) is 0 Å². The van der Waals surface area contributed by atoms with Gasteiger partial charge in [-0.15, -0.1) is 0 Å². The van der Waals surface area contributed by atoms with E-state index in [4.69, 9.17) is 10.5 Å². The highest BCUT2D eigenvalue weighted by Gasteiger charge is 2.13. The van der Waals surface area contributed by atoms with Crippen molar-refractivity contribution in [3.63, 3.8) is 0 Å². The van der Waals surface area contributed by atoms with E-state index in [1.165, 1.54) is 0 Å². The zero-order valence-corrected chi connectivity index (χ0v) is 10.9. The van der Waals surface area contributed by atoms with Crippen LogP contribution in [-0.4, -0.2) is 31.9 Å². The Kier molecular flexibility index (Phi) is 4.07. The van der Waals surface area contributed by atoms with Crippen LogP contribution in [0.25, 0.3) is 0 Å². The SMILES string of the molecule is CCNN1CC=CN(c2ccc(N)c(OC)c2)C1. The third-order valence-electron chi connectivity index (χ3n) is 2.86. The van der Waals surface area contributed by atoms with Crippen LogP contribution in [0.4, 0.5) is 11.4 Å². The fourth-order valence-corrected chi connectivity index (χ4v) is 1.97. The summed E-state index contributed by atoms with van der Waals surface area (Å²) in [5.41, 5.74) is 10.9. The van der Waals surface area contributed by atoms with E-state index in [0.29, 0.717) is 11.4 Å². The highest BCUT2D eigenvalue weighted by atomic mass is 16.5. The lowest BCUT2D eigenvalue weighted by Crippen LogP contribution is -2.46. The highest BCUT2D eigenvalue weighted by Crippen LogP contribution is 2.28. The standard InChI is InChI=1S/C13H20N4O/c1-3-15-17-8-4-7-16(10-17)11-5-6-12(14)13(9-11)18-2/h4-7,9,15H,3,8,10,14H2,1-2H3. The first kappa shape index (κ1) is 12.7. The molecule has 1 aromatic rings. The molecule has 3 N–H and O–H groups in total. The smallest absolute Gasteiger partial charge is 0.143 e. The van der Waals surface area contributed by atoms with Crippen LogP contribution in [0.2, 0.25) is 0 Å². The zero-order chi connectivity index (χ0) is 13.0. The molecule has 1 aliphatic heterocycles. The van der Waals surface area contributed by atoms with E-state index in [9.17, 15) is 0 Å². The molecule has 0 saturated carbocycles. The molecular weight excluding hydrogens is 228 g/mol. The Morgan fingerprint density at radius 1 is 1.44 bits per heavy atom. The Hall–Kier alpha value is -1.72. The van der Waals surface area contributed by atoms with Gasteiger partial charge in [-0.25, -0.2) is 5.01 Å². The van der Waals surface area contributed by atoms with Crippen LogP contribution in [-0.2, 0) is 0 Å². The molecule has 1 aromatic carbocycles. The third-order valence-corrected chi connectivity index (χ3v) is 2.86. The van der Waals surface area contributed by atoms with Gasteiger partial charge in [0.25, 0.3) is 0 Å². The Balaban J connectivity index is 2.16. The molecule has 0 aromatic heterocycles. The molecule has 0 spiro atoms. The first-order chi connectivity index (χ1) is 8.74. The molecule has 2 rings (SSSR count). The molecule has 0 fully saturated rings. The van der Waals surface area contributed by atoms with Crippen molar-refractivity contribution in [2.45, 2.75) is 6.92 Å². The summed E-state index contributed by atoms with van der Waals surface area (Å²) in [5.74, 6) is 0.710. The molecule has 0 atom stereocenters. The lowest BCUT2D eigenvalue weighted by atomic mass is 10.2. The maximum absolute atomic E-state index is 5.82. The average Bonchev–Trinajstić information content (AvgIpc) is 2.40. The van der Waals surface area contributed by atoms with Gasteiger partial charge in [-0.1, -0.05) is 13.0 Å². The predicted molar refractivity (Wildman–Crippen MR) is 74.3 cm³/mol. The highest BCUT2D eigenvalue weighted by molar-refractivity contribution is 5.63. The third kappa shape index (κ3) is 2.75. The van der Waals surface area contributed by atoms with E-state index in [1.807, 2.05) is 18.2 Å². The summed E-state index contributed by atoms with van der Waals surface area (Å²) in [4.78, 5) is 2.15. The van der Waals surface area contributed by atoms with E-state index < -0.39 is 0 Å². The van der Waals surface area contributed by atoms with Crippen LogP contribution < -0.4 is 20.8 Å². The van der Waals surface area contributed by atoms with Crippen LogP contribution >= 0.6 is 0 Å². The lowest BCUT2D eigenvalue weighted by molar-refractivity contribution is 0.212. The van der Waals surface area contributed by atoms with Crippen molar-refractivity contribution < 1.29 is 4.74 Å². The summed E-state index contributed by atoms with van der Waals surface area (Å²) < 4.78 is 5.25. The molecule has 0 unspecified atom stereocenters. The van der Waals surface area contributed by atoms with Crippen molar-refractivity contribution in [2.75, 3.05) is 37.5 Å². The number of hydrogen-bond acceptors (Lipinski definition) is 5. The number of nitrogens with one attached hydrogen (secondary N) is 1. The first-order valence-corrected chi connectivity index (χ1v) is 6.10. The number of anilines is 2. The van der Waals surface area contributed by atoms with Gasteiger partial charge in [0, 0.05) is 31.0 Å². The van der Waals surface area contributed by atoms with Gasteiger partial charge in [0.05, 0.1) is 19.5 Å². The van der Waals surface area contributed by atoms with Crippen LogP contribution in [0.15, 0.2) is 30.5 Å². The van der Waals surface area contributed by atoms with Crippen molar-refractivity contribution in [1.82, 2.24) is 10.4 Å². The summed E-state index contributed by atoms with van der Waals surface area (Å²) in [7, 11) is 1.63. The molecule has 18 heavy (non-hydrogen) atoms. The number of nitrogens with zero attached hydrogens (tertiary/aromatic N) is 2. The Morgan fingerprint density at radius 2 is 2.28 bits per heavy atom. The van der Waals surface area contributed by atoms with Crippen LogP contribution in [0.3, 0.4) is 0 Å². The van der Waals surface area contributed by atoms with Crippen LogP contribution in [0, 0.1) is 0 Å². The normalized spacial score (nSPS) is 16.0. The minimum absolute atomic E-state index is 0.658. The molecule has 98 valence electrons. The number of rotatable bonds is 4. The maximum atomic E-state index is 5.82. The summed E-state index contributed by atoms with van der Waals surface area (Å²) in [6.45, 7) is 4.73.